The molecule has 2 aromatic rings. The van der Waals surface area contributed by atoms with Crippen LogP contribution >= 0.6 is 0 Å². The van der Waals surface area contributed by atoms with Crippen molar-refractivity contribution in [3.63, 3.8) is 0 Å². The summed E-state index contributed by atoms with van der Waals surface area (Å²) < 4.78 is 5.27. The Hall–Kier alpha value is -2.89. The molecule has 1 aliphatic rings. The minimum atomic E-state index is -0.375. The van der Waals surface area contributed by atoms with Gasteiger partial charge in [-0.3, -0.25) is 14.6 Å². The van der Waals surface area contributed by atoms with Crippen LogP contribution in [0.15, 0.2) is 36.5 Å². The van der Waals surface area contributed by atoms with Crippen LogP contribution in [0.4, 0.5) is 5.69 Å². The molecule has 2 heterocycles. The van der Waals surface area contributed by atoms with E-state index in [0.29, 0.717) is 17.0 Å². The van der Waals surface area contributed by atoms with Crippen LogP contribution in [-0.2, 0) is 0 Å². The molecular weight excluding hydrogens is 318 g/mol. The maximum absolute atomic E-state index is 12.5. The van der Waals surface area contributed by atoms with Crippen LogP contribution in [0.25, 0.3) is 0 Å². The van der Waals surface area contributed by atoms with E-state index in [1.54, 1.807) is 24.1 Å². The van der Waals surface area contributed by atoms with Crippen LogP contribution in [0.2, 0.25) is 0 Å². The molecule has 2 amide bonds. The zero-order valence-corrected chi connectivity index (χ0v) is 14.4. The maximum atomic E-state index is 12.5. The van der Waals surface area contributed by atoms with Gasteiger partial charge in [0.1, 0.15) is 11.4 Å². The first-order valence-corrected chi connectivity index (χ1v) is 8.30. The standard InChI is InChI=1S/C19H21N3O3/c1-13-5-6-17(25-2)15(11-13)21-18(23)16-12-14(7-8-20-16)19(24)22-9-3-4-10-22/h5-8,11-12H,3-4,9-10H2,1-2H3,(H,21,23). The van der Waals surface area contributed by atoms with Crippen LogP contribution in [0.3, 0.4) is 0 Å². The van der Waals surface area contributed by atoms with Crippen LogP contribution < -0.4 is 10.1 Å². The van der Waals surface area contributed by atoms with E-state index in [9.17, 15) is 9.59 Å². The Morgan fingerprint density at radius 2 is 1.92 bits per heavy atom. The van der Waals surface area contributed by atoms with Crippen molar-refractivity contribution >= 4 is 17.5 Å². The molecule has 1 aromatic heterocycles. The summed E-state index contributed by atoms with van der Waals surface area (Å²) in [5.74, 6) is 0.144. The lowest BCUT2D eigenvalue weighted by Crippen LogP contribution is -2.28. The predicted molar refractivity (Wildman–Crippen MR) is 95.1 cm³/mol. The number of rotatable bonds is 4. The molecule has 1 N–H and O–H groups in total. The van der Waals surface area contributed by atoms with Crippen molar-refractivity contribution in [1.29, 1.82) is 0 Å². The highest BCUT2D eigenvalue weighted by atomic mass is 16.5. The molecule has 130 valence electrons. The highest BCUT2D eigenvalue weighted by Gasteiger charge is 2.21. The Labute approximate surface area is 146 Å². The van der Waals surface area contributed by atoms with E-state index in [-0.39, 0.29) is 17.5 Å². The summed E-state index contributed by atoms with van der Waals surface area (Å²) in [4.78, 5) is 30.9. The van der Waals surface area contributed by atoms with Gasteiger partial charge in [-0.25, -0.2) is 0 Å². The number of aryl methyl sites for hydroxylation is 1. The number of carbonyl (C=O) groups is 2. The number of carbonyl (C=O) groups excluding carboxylic acids is 2. The normalized spacial score (nSPS) is 13.6. The summed E-state index contributed by atoms with van der Waals surface area (Å²) in [7, 11) is 1.55. The van der Waals surface area contributed by atoms with Crippen molar-refractivity contribution in [3.05, 3.63) is 53.3 Å². The van der Waals surface area contributed by atoms with Gasteiger partial charge >= 0.3 is 0 Å². The molecule has 0 saturated carbocycles. The summed E-state index contributed by atoms with van der Waals surface area (Å²) in [5.41, 5.74) is 2.26. The second kappa shape index (κ2) is 7.34. The van der Waals surface area contributed by atoms with Gasteiger partial charge in [0.25, 0.3) is 11.8 Å². The number of pyridine rings is 1. The molecule has 1 aromatic carbocycles. The van der Waals surface area contributed by atoms with Gasteiger partial charge < -0.3 is 15.0 Å². The predicted octanol–water partition coefficient (Wildman–Crippen LogP) is 2.89. The maximum Gasteiger partial charge on any atom is 0.274 e. The van der Waals surface area contributed by atoms with E-state index in [4.69, 9.17) is 4.74 Å². The second-order valence-corrected chi connectivity index (χ2v) is 6.09. The van der Waals surface area contributed by atoms with Crippen molar-refractivity contribution in [2.24, 2.45) is 0 Å². The number of aromatic nitrogens is 1. The van der Waals surface area contributed by atoms with Crippen molar-refractivity contribution in [2.75, 3.05) is 25.5 Å². The first-order chi connectivity index (χ1) is 12.1. The monoisotopic (exact) mass is 339 g/mol. The SMILES string of the molecule is COc1ccc(C)cc1NC(=O)c1cc(C(=O)N2CCCC2)ccn1. The van der Waals surface area contributed by atoms with Gasteiger partial charge in [-0.2, -0.15) is 0 Å². The summed E-state index contributed by atoms with van der Waals surface area (Å²) in [5, 5.41) is 2.80. The van der Waals surface area contributed by atoms with Gasteiger partial charge in [-0.1, -0.05) is 6.07 Å². The molecule has 0 spiro atoms. The quantitative estimate of drug-likeness (QED) is 0.930. The summed E-state index contributed by atoms with van der Waals surface area (Å²) in [6.45, 7) is 3.47. The summed E-state index contributed by atoms with van der Waals surface area (Å²) in [6, 6.07) is 8.71. The topological polar surface area (TPSA) is 71.5 Å². The first-order valence-electron chi connectivity index (χ1n) is 8.30. The number of ether oxygens (including phenoxy) is 1. The third-order valence-corrected chi connectivity index (χ3v) is 4.24. The average Bonchev–Trinajstić information content (AvgIpc) is 3.16. The van der Waals surface area contributed by atoms with Crippen molar-refractivity contribution in [2.45, 2.75) is 19.8 Å². The summed E-state index contributed by atoms with van der Waals surface area (Å²) in [6.07, 6.45) is 3.54. The van der Waals surface area contributed by atoms with E-state index in [1.807, 2.05) is 19.1 Å². The Morgan fingerprint density at radius 3 is 2.64 bits per heavy atom. The zero-order chi connectivity index (χ0) is 17.8. The van der Waals surface area contributed by atoms with E-state index >= 15 is 0 Å². The van der Waals surface area contributed by atoms with Crippen molar-refractivity contribution < 1.29 is 14.3 Å². The minimum absolute atomic E-state index is 0.0536. The molecule has 0 unspecified atom stereocenters. The molecule has 0 atom stereocenters. The number of hydrogen-bond acceptors (Lipinski definition) is 4. The highest BCUT2D eigenvalue weighted by molar-refractivity contribution is 6.05. The highest BCUT2D eigenvalue weighted by Crippen LogP contribution is 2.25. The second-order valence-electron chi connectivity index (χ2n) is 6.09. The average molecular weight is 339 g/mol. The van der Waals surface area contributed by atoms with Crippen molar-refractivity contribution in [3.8, 4) is 5.75 Å². The van der Waals surface area contributed by atoms with Crippen LogP contribution in [0, 0.1) is 6.92 Å². The van der Waals surface area contributed by atoms with Gasteiger partial charge in [0, 0.05) is 24.8 Å². The molecule has 0 aliphatic carbocycles. The smallest absolute Gasteiger partial charge is 0.274 e. The molecule has 0 radical (unpaired) electrons. The van der Waals surface area contributed by atoms with Crippen LogP contribution in [0.1, 0.15) is 39.3 Å². The van der Waals surface area contributed by atoms with Crippen molar-refractivity contribution in [1.82, 2.24) is 9.88 Å². The first kappa shape index (κ1) is 17.0. The van der Waals surface area contributed by atoms with E-state index < -0.39 is 0 Å². The van der Waals surface area contributed by atoms with Gasteiger partial charge in [0.2, 0.25) is 0 Å². The lowest BCUT2D eigenvalue weighted by atomic mass is 10.1. The van der Waals surface area contributed by atoms with Gasteiger partial charge in [0.05, 0.1) is 12.8 Å². The molecule has 6 heteroatoms. The van der Waals surface area contributed by atoms with E-state index in [1.165, 1.54) is 12.3 Å². The van der Waals surface area contributed by atoms with Gasteiger partial charge in [-0.05, 0) is 49.6 Å². The molecule has 3 rings (SSSR count). The fourth-order valence-corrected chi connectivity index (χ4v) is 2.90. The molecule has 25 heavy (non-hydrogen) atoms. The Kier molecular flexibility index (Phi) is 4.97. The number of nitrogens with one attached hydrogen (secondary N) is 1. The van der Waals surface area contributed by atoms with E-state index in [0.717, 1.165) is 31.5 Å². The largest absolute Gasteiger partial charge is 0.495 e. The molecule has 1 aliphatic heterocycles. The molecular formula is C19H21N3O3. The zero-order valence-electron chi connectivity index (χ0n) is 14.4. The van der Waals surface area contributed by atoms with Crippen LogP contribution in [-0.4, -0.2) is 41.9 Å². The van der Waals surface area contributed by atoms with Gasteiger partial charge in [-0.15, -0.1) is 0 Å². The van der Waals surface area contributed by atoms with Gasteiger partial charge in [0.15, 0.2) is 0 Å². The van der Waals surface area contributed by atoms with Crippen LogP contribution in [0.5, 0.6) is 5.75 Å². The molecule has 0 bridgehead atoms. The fourth-order valence-electron chi connectivity index (χ4n) is 2.90. The number of benzene rings is 1. The third kappa shape index (κ3) is 3.79. The number of amides is 2. The number of anilines is 1. The Bertz CT molecular complexity index is 798. The molecule has 1 saturated heterocycles. The lowest BCUT2D eigenvalue weighted by Gasteiger charge is -2.15. The number of hydrogen-bond donors (Lipinski definition) is 1. The fraction of sp³-hybridized carbons (Fsp3) is 0.316. The Balaban J connectivity index is 1.80. The molecule has 1 fully saturated rings. The summed E-state index contributed by atoms with van der Waals surface area (Å²) >= 11 is 0. The Morgan fingerprint density at radius 1 is 1.16 bits per heavy atom. The number of likely N-dealkylation sites (tertiary alicyclic amines) is 1. The number of nitrogens with zero attached hydrogens (tertiary/aromatic N) is 2. The lowest BCUT2D eigenvalue weighted by molar-refractivity contribution is 0.0792. The number of methoxy groups -OCH3 is 1. The third-order valence-electron chi connectivity index (χ3n) is 4.24. The van der Waals surface area contributed by atoms with E-state index in [2.05, 4.69) is 10.3 Å². The minimum Gasteiger partial charge on any atom is -0.495 e. The molecule has 6 nitrogen and oxygen atoms in total.